The molecular weight excluding hydrogens is 452 g/mol. The molecule has 3 aromatic carbocycles. The normalized spacial score (nSPS) is 10.5. The quantitative estimate of drug-likeness (QED) is 0.285. The highest BCUT2D eigenvalue weighted by Gasteiger charge is 2.05. The molecule has 0 aromatic heterocycles. The lowest BCUT2D eigenvalue weighted by molar-refractivity contribution is -0.140. The van der Waals surface area contributed by atoms with Crippen LogP contribution in [-0.2, 0) is 25.7 Å². The van der Waals surface area contributed by atoms with Gasteiger partial charge in [0.2, 0.25) is 5.91 Å². The zero-order valence-corrected chi connectivity index (χ0v) is 20.3. The fourth-order valence-corrected chi connectivity index (χ4v) is 3.08. The summed E-state index contributed by atoms with van der Waals surface area (Å²) in [6, 6.07) is 22.4. The van der Waals surface area contributed by atoms with Gasteiger partial charge in [-0.15, -0.1) is 0 Å². The van der Waals surface area contributed by atoms with E-state index in [1.807, 2.05) is 72.8 Å². The van der Waals surface area contributed by atoms with Gasteiger partial charge in [-0.3, -0.25) is 9.59 Å². The van der Waals surface area contributed by atoms with Crippen molar-refractivity contribution in [2.45, 2.75) is 20.5 Å². The Hall–Kier alpha value is -4.71. The molecule has 2 amide bonds. The first-order valence-electron chi connectivity index (χ1n) is 11.3. The molecular formula is C30H28N2O4. The van der Waals surface area contributed by atoms with Gasteiger partial charge < -0.3 is 15.4 Å². The number of benzene rings is 3. The van der Waals surface area contributed by atoms with E-state index in [2.05, 4.69) is 23.8 Å². The number of carbonyl (C=O) groups is 3. The Morgan fingerprint density at radius 2 is 1.28 bits per heavy atom. The predicted octanol–water partition coefficient (Wildman–Crippen LogP) is 6.14. The van der Waals surface area contributed by atoms with Gasteiger partial charge in [0.15, 0.2) is 0 Å². The molecule has 36 heavy (non-hydrogen) atoms. The second kappa shape index (κ2) is 12.1. The number of rotatable bonds is 9. The molecule has 0 spiro atoms. The maximum Gasteiger partial charge on any atom is 0.333 e. The minimum Gasteiger partial charge on any atom is -0.457 e. The van der Waals surface area contributed by atoms with Gasteiger partial charge in [0, 0.05) is 28.6 Å². The Bertz CT molecular complexity index is 1300. The summed E-state index contributed by atoms with van der Waals surface area (Å²) >= 11 is 0. The fourth-order valence-electron chi connectivity index (χ4n) is 3.08. The van der Waals surface area contributed by atoms with Crippen LogP contribution in [0.4, 0.5) is 11.4 Å². The van der Waals surface area contributed by atoms with Gasteiger partial charge in [-0.2, -0.15) is 0 Å². The van der Waals surface area contributed by atoms with E-state index in [0.29, 0.717) is 22.5 Å². The second-order valence-corrected chi connectivity index (χ2v) is 8.31. The number of hydrogen-bond donors (Lipinski definition) is 2. The molecule has 182 valence electrons. The summed E-state index contributed by atoms with van der Waals surface area (Å²) in [4.78, 5) is 35.5. The SMILES string of the molecule is C=C(C)C(=O)Nc1ccc(-c2ccc(NC(=O)/C=C/c3ccc(COC(=O)C(=C)C)cc3)cc2)cc1. The van der Waals surface area contributed by atoms with Crippen LogP contribution in [-0.4, -0.2) is 17.8 Å². The number of hydrogen-bond acceptors (Lipinski definition) is 4. The Morgan fingerprint density at radius 1 is 0.750 bits per heavy atom. The van der Waals surface area contributed by atoms with E-state index in [-0.39, 0.29) is 18.4 Å². The number of esters is 1. The second-order valence-electron chi connectivity index (χ2n) is 8.31. The van der Waals surface area contributed by atoms with Crippen molar-refractivity contribution in [1.29, 1.82) is 0 Å². The molecule has 0 fully saturated rings. The minimum atomic E-state index is -0.425. The van der Waals surface area contributed by atoms with Gasteiger partial charge in [-0.05, 0) is 66.4 Å². The van der Waals surface area contributed by atoms with Crippen molar-refractivity contribution >= 4 is 35.2 Å². The number of ether oxygens (including phenoxy) is 1. The van der Waals surface area contributed by atoms with Crippen LogP contribution in [0.2, 0.25) is 0 Å². The molecule has 0 heterocycles. The largest absolute Gasteiger partial charge is 0.457 e. The Morgan fingerprint density at radius 3 is 1.78 bits per heavy atom. The van der Waals surface area contributed by atoms with E-state index in [1.54, 1.807) is 19.9 Å². The predicted molar refractivity (Wildman–Crippen MR) is 144 cm³/mol. The van der Waals surface area contributed by atoms with Gasteiger partial charge in [-0.25, -0.2) is 4.79 Å². The molecule has 3 rings (SSSR count). The summed E-state index contributed by atoms with van der Waals surface area (Å²) in [7, 11) is 0. The fraction of sp³-hybridized carbons (Fsp3) is 0.100. The molecule has 2 N–H and O–H groups in total. The van der Waals surface area contributed by atoms with Crippen molar-refractivity contribution in [2.75, 3.05) is 10.6 Å². The summed E-state index contributed by atoms with van der Waals surface area (Å²) in [5.74, 6) is -0.888. The maximum absolute atomic E-state index is 12.3. The first-order valence-corrected chi connectivity index (χ1v) is 11.3. The summed E-state index contributed by atoms with van der Waals surface area (Å²) in [5, 5.41) is 5.62. The zero-order chi connectivity index (χ0) is 26.1. The number of amides is 2. The highest BCUT2D eigenvalue weighted by Crippen LogP contribution is 2.23. The van der Waals surface area contributed by atoms with Crippen molar-refractivity contribution in [3.8, 4) is 11.1 Å². The van der Waals surface area contributed by atoms with E-state index >= 15 is 0 Å². The Kier molecular flexibility index (Phi) is 8.73. The molecule has 0 unspecified atom stereocenters. The van der Waals surface area contributed by atoms with Crippen LogP contribution < -0.4 is 10.6 Å². The zero-order valence-electron chi connectivity index (χ0n) is 20.3. The lowest BCUT2D eigenvalue weighted by atomic mass is 10.0. The van der Waals surface area contributed by atoms with Gasteiger partial charge in [0.1, 0.15) is 6.61 Å². The average Bonchev–Trinajstić information content (AvgIpc) is 2.87. The first kappa shape index (κ1) is 25.9. The summed E-state index contributed by atoms with van der Waals surface area (Å²) < 4.78 is 5.12. The standard InChI is InChI=1S/C30H28N2O4/c1-20(2)29(34)32-27-16-12-25(13-17-27)24-10-14-26(15-11-24)31-28(33)18-9-22-5-7-23(8-6-22)19-36-30(35)21(3)4/h5-18H,1,3,19H2,2,4H3,(H,31,33)(H,32,34)/b18-9+. The molecule has 0 aliphatic heterocycles. The third kappa shape index (κ3) is 7.67. The monoisotopic (exact) mass is 480 g/mol. The smallest absolute Gasteiger partial charge is 0.333 e. The van der Waals surface area contributed by atoms with E-state index in [9.17, 15) is 14.4 Å². The van der Waals surface area contributed by atoms with Gasteiger partial charge in [0.25, 0.3) is 5.91 Å². The maximum atomic E-state index is 12.3. The van der Waals surface area contributed by atoms with E-state index < -0.39 is 5.97 Å². The number of carbonyl (C=O) groups excluding carboxylic acids is 3. The van der Waals surface area contributed by atoms with Crippen molar-refractivity contribution in [3.05, 3.63) is 114 Å². The van der Waals surface area contributed by atoms with Gasteiger partial charge >= 0.3 is 5.97 Å². The van der Waals surface area contributed by atoms with Gasteiger partial charge in [0.05, 0.1) is 0 Å². The van der Waals surface area contributed by atoms with E-state index in [1.165, 1.54) is 6.08 Å². The van der Waals surface area contributed by atoms with Crippen LogP contribution in [0.3, 0.4) is 0 Å². The molecule has 0 atom stereocenters. The lowest BCUT2D eigenvalue weighted by Gasteiger charge is -2.08. The van der Waals surface area contributed by atoms with E-state index in [4.69, 9.17) is 4.74 Å². The molecule has 0 saturated heterocycles. The topological polar surface area (TPSA) is 84.5 Å². The lowest BCUT2D eigenvalue weighted by Crippen LogP contribution is -2.11. The van der Waals surface area contributed by atoms with Crippen molar-refractivity contribution in [3.63, 3.8) is 0 Å². The molecule has 0 aliphatic carbocycles. The molecule has 0 saturated carbocycles. The van der Waals surface area contributed by atoms with Gasteiger partial charge in [-0.1, -0.05) is 61.7 Å². The summed E-state index contributed by atoms with van der Waals surface area (Å²) in [6.45, 7) is 10.6. The summed E-state index contributed by atoms with van der Waals surface area (Å²) in [5.41, 5.74) is 5.83. The number of nitrogens with one attached hydrogen (secondary N) is 2. The molecule has 6 nitrogen and oxygen atoms in total. The molecule has 6 heteroatoms. The van der Waals surface area contributed by atoms with Crippen molar-refractivity contribution < 1.29 is 19.1 Å². The molecule has 0 aliphatic rings. The molecule has 0 radical (unpaired) electrons. The van der Waals surface area contributed by atoms with E-state index in [0.717, 1.165) is 22.3 Å². The molecule has 0 bridgehead atoms. The average molecular weight is 481 g/mol. The highest BCUT2D eigenvalue weighted by molar-refractivity contribution is 6.03. The van der Waals surface area contributed by atoms with Crippen molar-refractivity contribution in [2.24, 2.45) is 0 Å². The first-order chi connectivity index (χ1) is 17.2. The minimum absolute atomic E-state index is 0.169. The van der Waals surface area contributed by atoms with Crippen LogP contribution in [0.1, 0.15) is 25.0 Å². The van der Waals surface area contributed by atoms with Crippen LogP contribution in [0.25, 0.3) is 17.2 Å². The third-order valence-corrected chi connectivity index (χ3v) is 5.14. The summed E-state index contributed by atoms with van der Waals surface area (Å²) in [6.07, 6.45) is 3.17. The van der Waals surface area contributed by atoms with Crippen LogP contribution in [0, 0.1) is 0 Å². The third-order valence-electron chi connectivity index (χ3n) is 5.14. The highest BCUT2D eigenvalue weighted by atomic mass is 16.5. The number of anilines is 2. The van der Waals surface area contributed by atoms with Crippen LogP contribution in [0.5, 0.6) is 0 Å². The van der Waals surface area contributed by atoms with Crippen LogP contribution >= 0.6 is 0 Å². The Balaban J connectivity index is 1.53. The van der Waals surface area contributed by atoms with Crippen molar-refractivity contribution in [1.82, 2.24) is 0 Å². The Labute approximate surface area is 211 Å². The molecule has 3 aromatic rings. The van der Waals surface area contributed by atoms with Crippen LogP contribution in [0.15, 0.2) is 103 Å².